The van der Waals surface area contributed by atoms with Crippen LogP contribution in [-0.2, 0) is 0 Å². The van der Waals surface area contributed by atoms with E-state index in [-0.39, 0.29) is 0 Å². The van der Waals surface area contributed by atoms with Crippen molar-refractivity contribution in [1.29, 1.82) is 0 Å². The molecular formula is C13H26N2. The molecule has 2 rings (SSSR count). The molecule has 0 aromatic rings. The van der Waals surface area contributed by atoms with Gasteiger partial charge in [-0.1, -0.05) is 13.8 Å². The highest BCUT2D eigenvalue weighted by atomic mass is 15.2. The maximum Gasteiger partial charge on any atom is 0.0304 e. The highest BCUT2D eigenvalue weighted by Crippen LogP contribution is 2.36. The number of rotatable bonds is 4. The fraction of sp³-hybridized carbons (Fsp3) is 1.00. The van der Waals surface area contributed by atoms with E-state index in [1.54, 1.807) is 0 Å². The van der Waals surface area contributed by atoms with Gasteiger partial charge in [0.2, 0.25) is 0 Å². The third kappa shape index (κ3) is 2.36. The predicted octanol–water partition coefficient (Wildman–Crippen LogP) is 2.25. The van der Waals surface area contributed by atoms with Crippen molar-refractivity contribution >= 4 is 0 Å². The number of nitrogens with one attached hydrogen (secondary N) is 1. The lowest BCUT2D eigenvalue weighted by atomic mass is 9.89. The van der Waals surface area contributed by atoms with Crippen molar-refractivity contribution < 1.29 is 0 Å². The summed E-state index contributed by atoms with van der Waals surface area (Å²) in [6.07, 6.45) is 5.46. The van der Waals surface area contributed by atoms with Gasteiger partial charge in [0, 0.05) is 31.2 Å². The molecule has 0 aromatic heterocycles. The van der Waals surface area contributed by atoms with Crippen molar-refractivity contribution in [2.24, 2.45) is 5.92 Å². The quantitative estimate of drug-likeness (QED) is 0.765. The molecule has 2 aliphatic rings. The minimum absolute atomic E-state index is 0.404. The van der Waals surface area contributed by atoms with Crippen molar-refractivity contribution in [2.75, 3.05) is 19.6 Å². The molecule has 15 heavy (non-hydrogen) atoms. The molecule has 2 nitrogen and oxygen atoms in total. The summed E-state index contributed by atoms with van der Waals surface area (Å²) < 4.78 is 0. The summed E-state index contributed by atoms with van der Waals surface area (Å²) >= 11 is 0. The monoisotopic (exact) mass is 210 g/mol. The molecular weight excluding hydrogens is 184 g/mol. The van der Waals surface area contributed by atoms with E-state index in [9.17, 15) is 0 Å². The Balaban J connectivity index is 1.96. The molecule has 0 radical (unpaired) electrons. The number of hydrogen-bond acceptors (Lipinski definition) is 2. The summed E-state index contributed by atoms with van der Waals surface area (Å²) in [5.41, 5.74) is 0.404. The van der Waals surface area contributed by atoms with Gasteiger partial charge in [0.25, 0.3) is 0 Å². The van der Waals surface area contributed by atoms with Gasteiger partial charge in [-0.05, 0) is 38.5 Å². The smallest absolute Gasteiger partial charge is 0.0304 e. The van der Waals surface area contributed by atoms with E-state index < -0.39 is 0 Å². The summed E-state index contributed by atoms with van der Waals surface area (Å²) in [5.74, 6) is 1.01. The van der Waals surface area contributed by atoms with Crippen LogP contribution in [0.2, 0.25) is 0 Å². The lowest BCUT2D eigenvalue weighted by Crippen LogP contribution is -2.61. The van der Waals surface area contributed by atoms with Gasteiger partial charge in [0.05, 0.1) is 0 Å². The summed E-state index contributed by atoms with van der Waals surface area (Å²) in [7, 11) is 0. The van der Waals surface area contributed by atoms with E-state index in [0.717, 1.165) is 12.0 Å². The number of hydrogen-bond donors (Lipinski definition) is 1. The molecule has 1 unspecified atom stereocenters. The Hall–Kier alpha value is -0.0800. The van der Waals surface area contributed by atoms with E-state index in [2.05, 4.69) is 31.0 Å². The average Bonchev–Trinajstić information content (AvgIpc) is 3.12. The first-order valence-electron chi connectivity index (χ1n) is 6.70. The molecule has 1 saturated carbocycles. The average molecular weight is 210 g/mol. The Morgan fingerprint density at radius 2 is 2.00 bits per heavy atom. The molecule has 1 aliphatic heterocycles. The van der Waals surface area contributed by atoms with E-state index in [1.807, 2.05) is 0 Å². The van der Waals surface area contributed by atoms with Crippen LogP contribution in [0.5, 0.6) is 0 Å². The van der Waals surface area contributed by atoms with Crippen molar-refractivity contribution in [2.45, 2.75) is 58.0 Å². The van der Waals surface area contributed by atoms with Crippen LogP contribution in [-0.4, -0.2) is 36.1 Å². The third-order valence-corrected chi connectivity index (χ3v) is 4.64. The highest BCUT2D eigenvalue weighted by Gasteiger charge is 2.38. The Labute approximate surface area is 94.4 Å². The maximum absolute atomic E-state index is 3.73. The van der Waals surface area contributed by atoms with Crippen LogP contribution in [0.15, 0.2) is 0 Å². The fourth-order valence-electron chi connectivity index (χ4n) is 2.94. The minimum Gasteiger partial charge on any atom is -0.309 e. The first-order valence-corrected chi connectivity index (χ1v) is 6.70. The van der Waals surface area contributed by atoms with Crippen LogP contribution in [0.25, 0.3) is 0 Å². The lowest BCUT2D eigenvalue weighted by Gasteiger charge is -2.45. The van der Waals surface area contributed by atoms with Gasteiger partial charge < -0.3 is 5.32 Å². The molecule has 0 bridgehead atoms. The highest BCUT2D eigenvalue weighted by molar-refractivity contribution is 4.96. The predicted molar refractivity (Wildman–Crippen MR) is 65.1 cm³/mol. The SMILES string of the molecule is CCC1(CC)CN(C(C)C2CC2)CCN1. The molecule has 0 amide bonds. The molecule has 2 heteroatoms. The second-order valence-corrected chi connectivity index (χ2v) is 5.46. The number of nitrogens with zero attached hydrogens (tertiary/aromatic N) is 1. The van der Waals surface area contributed by atoms with Crippen LogP contribution in [0, 0.1) is 5.92 Å². The van der Waals surface area contributed by atoms with Gasteiger partial charge in [-0.2, -0.15) is 0 Å². The molecule has 1 heterocycles. The Kier molecular flexibility index (Phi) is 3.36. The minimum atomic E-state index is 0.404. The van der Waals surface area contributed by atoms with E-state index in [1.165, 1.54) is 45.3 Å². The third-order valence-electron chi connectivity index (χ3n) is 4.64. The van der Waals surface area contributed by atoms with Gasteiger partial charge in [0.1, 0.15) is 0 Å². The maximum atomic E-state index is 3.73. The van der Waals surface area contributed by atoms with Crippen LogP contribution in [0.1, 0.15) is 46.5 Å². The first kappa shape index (κ1) is 11.4. The lowest BCUT2D eigenvalue weighted by molar-refractivity contribution is 0.0836. The summed E-state index contributed by atoms with van der Waals surface area (Å²) in [6, 6.07) is 0.824. The Morgan fingerprint density at radius 1 is 1.33 bits per heavy atom. The van der Waals surface area contributed by atoms with Crippen molar-refractivity contribution in [3.05, 3.63) is 0 Å². The van der Waals surface area contributed by atoms with Gasteiger partial charge >= 0.3 is 0 Å². The molecule has 0 spiro atoms. The zero-order valence-corrected chi connectivity index (χ0v) is 10.6. The topological polar surface area (TPSA) is 15.3 Å². The second kappa shape index (κ2) is 4.42. The second-order valence-electron chi connectivity index (χ2n) is 5.46. The first-order chi connectivity index (χ1) is 7.21. The van der Waals surface area contributed by atoms with E-state index >= 15 is 0 Å². The summed E-state index contributed by atoms with van der Waals surface area (Å²) in [6.45, 7) is 10.8. The van der Waals surface area contributed by atoms with Crippen LogP contribution in [0.3, 0.4) is 0 Å². The summed E-state index contributed by atoms with van der Waals surface area (Å²) in [4.78, 5) is 2.72. The molecule has 0 aromatic carbocycles. The molecule has 1 N–H and O–H groups in total. The number of piperazine rings is 1. The van der Waals surface area contributed by atoms with Crippen molar-refractivity contribution in [3.63, 3.8) is 0 Å². The molecule has 88 valence electrons. The van der Waals surface area contributed by atoms with Gasteiger partial charge in [-0.3, -0.25) is 4.90 Å². The zero-order chi connectivity index (χ0) is 10.9. The fourth-order valence-corrected chi connectivity index (χ4v) is 2.94. The van der Waals surface area contributed by atoms with E-state index in [0.29, 0.717) is 5.54 Å². The summed E-state index contributed by atoms with van der Waals surface area (Å²) in [5, 5.41) is 3.73. The molecule has 1 atom stereocenters. The normalized spacial score (nSPS) is 29.0. The molecule has 1 aliphatic carbocycles. The van der Waals surface area contributed by atoms with Crippen LogP contribution >= 0.6 is 0 Å². The molecule has 1 saturated heterocycles. The zero-order valence-electron chi connectivity index (χ0n) is 10.6. The van der Waals surface area contributed by atoms with Crippen LogP contribution in [0.4, 0.5) is 0 Å². The van der Waals surface area contributed by atoms with Crippen LogP contribution < -0.4 is 5.32 Å². The largest absolute Gasteiger partial charge is 0.309 e. The standard InChI is InChI=1S/C13H26N2/c1-4-13(5-2)10-15(9-8-14-13)11(3)12-6-7-12/h11-12,14H,4-10H2,1-3H3. The van der Waals surface area contributed by atoms with Gasteiger partial charge in [-0.25, -0.2) is 0 Å². The van der Waals surface area contributed by atoms with Gasteiger partial charge in [-0.15, -0.1) is 0 Å². The Morgan fingerprint density at radius 3 is 2.53 bits per heavy atom. The van der Waals surface area contributed by atoms with Crippen molar-refractivity contribution in [3.8, 4) is 0 Å². The van der Waals surface area contributed by atoms with E-state index in [4.69, 9.17) is 0 Å². The Bertz CT molecular complexity index is 207. The molecule has 2 fully saturated rings. The van der Waals surface area contributed by atoms with Gasteiger partial charge in [0.15, 0.2) is 0 Å². The van der Waals surface area contributed by atoms with Crippen molar-refractivity contribution in [1.82, 2.24) is 10.2 Å².